The van der Waals surface area contributed by atoms with E-state index in [9.17, 15) is 0 Å². The van der Waals surface area contributed by atoms with Crippen molar-refractivity contribution in [3.8, 4) is 11.5 Å². The zero-order valence-electron chi connectivity index (χ0n) is 10.9. The van der Waals surface area contributed by atoms with Crippen LogP contribution in [0.1, 0.15) is 25.0 Å². The van der Waals surface area contributed by atoms with Crippen LogP contribution >= 0.6 is 0 Å². The van der Waals surface area contributed by atoms with Crippen LogP contribution in [0.5, 0.6) is 11.5 Å². The second kappa shape index (κ2) is 7.38. The summed E-state index contributed by atoms with van der Waals surface area (Å²) >= 11 is 0. The highest BCUT2D eigenvalue weighted by Gasteiger charge is 1.97. The molecular formula is C16H20O2. The van der Waals surface area contributed by atoms with E-state index in [2.05, 4.69) is 31.2 Å². The van der Waals surface area contributed by atoms with Gasteiger partial charge in [0.1, 0.15) is 0 Å². The minimum absolute atomic E-state index is 0.0423. The van der Waals surface area contributed by atoms with Gasteiger partial charge < -0.3 is 10.2 Å². The molecule has 2 nitrogen and oxygen atoms in total. The Bertz CT molecular complexity index is 464. The van der Waals surface area contributed by atoms with Gasteiger partial charge in [-0.25, -0.2) is 0 Å². The van der Waals surface area contributed by atoms with E-state index in [0.717, 1.165) is 18.4 Å². The van der Waals surface area contributed by atoms with E-state index < -0.39 is 0 Å². The van der Waals surface area contributed by atoms with Gasteiger partial charge in [-0.3, -0.25) is 0 Å². The Labute approximate surface area is 109 Å². The summed E-state index contributed by atoms with van der Waals surface area (Å²) < 4.78 is 0. The maximum atomic E-state index is 8.98. The zero-order valence-corrected chi connectivity index (χ0v) is 10.9. The lowest BCUT2D eigenvalue weighted by Gasteiger charge is -1.98. The molecule has 0 aliphatic rings. The van der Waals surface area contributed by atoms with E-state index in [-0.39, 0.29) is 11.5 Å². The average molecular weight is 244 g/mol. The van der Waals surface area contributed by atoms with E-state index >= 15 is 0 Å². The van der Waals surface area contributed by atoms with Gasteiger partial charge in [0.05, 0.1) is 0 Å². The predicted molar refractivity (Wildman–Crippen MR) is 75.0 cm³/mol. The van der Waals surface area contributed by atoms with Crippen molar-refractivity contribution in [1.29, 1.82) is 0 Å². The second-order valence-corrected chi connectivity index (χ2v) is 4.02. The number of hydrogen-bond donors (Lipinski definition) is 2. The number of aromatic hydroxyl groups is 2. The SMILES string of the molecule is CCc1ccc(O)c(O)c1.CCc1ccccc1. The van der Waals surface area contributed by atoms with E-state index in [1.807, 2.05) is 13.0 Å². The van der Waals surface area contributed by atoms with Crippen LogP contribution in [0.3, 0.4) is 0 Å². The Balaban J connectivity index is 0.000000184. The zero-order chi connectivity index (χ0) is 13.4. The van der Waals surface area contributed by atoms with E-state index in [0.29, 0.717) is 0 Å². The molecule has 2 aromatic rings. The van der Waals surface area contributed by atoms with Crippen LogP contribution in [0.4, 0.5) is 0 Å². The van der Waals surface area contributed by atoms with Crippen LogP contribution in [-0.4, -0.2) is 10.2 Å². The maximum Gasteiger partial charge on any atom is 0.157 e. The summed E-state index contributed by atoms with van der Waals surface area (Å²) in [5.41, 5.74) is 2.43. The Hall–Kier alpha value is -1.96. The first-order valence-electron chi connectivity index (χ1n) is 6.22. The average Bonchev–Trinajstić information content (AvgIpc) is 2.43. The van der Waals surface area contributed by atoms with Crippen LogP contribution < -0.4 is 0 Å². The largest absolute Gasteiger partial charge is 0.504 e. The summed E-state index contributed by atoms with van der Waals surface area (Å²) in [6.07, 6.45) is 2.01. The second-order valence-electron chi connectivity index (χ2n) is 4.02. The Morgan fingerprint density at radius 1 is 0.722 bits per heavy atom. The molecule has 0 bridgehead atoms. The normalized spacial score (nSPS) is 9.44. The lowest BCUT2D eigenvalue weighted by Crippen LogP contribution is -1.77. The fourth-order valence-corrected chi connectivity index (χ4v) is 1.50. The lowest BCUT2D eigenvalue weighted by atomic mass is 10.1. The molecule has 0 atom stereocenters. The standard InChI is InChI=1S/C8H10O2.C8H10/c1-2-6-3-4-7(9)8(10)5-6;1-2-8-6-4-3-5-7-8/h3-5,9-10H,2H2,1H3;3-7H,2H2,1H3. The van der Waals surface area contributed by atoms with Crippen molar-refractivity contribution in [2.24, 2.45) is 0 Å². The molecule has 0 saturated carbocycles. The Morgan fingerprint density at radius 2 is 1.33 bits per heavy atom. The van der Waals surface area contributed by atoms with Gasteiger partial charge >= 0.3 is 0 Å². The third kappa shape index (κ3) is 4.50. The quantitative estimate of drug-likeness (QED) is 0.786. The van der Waals surface area contributed by atoms with Gasteiger partial charge in [-0.2, -0.15) is 0 Å². The van der Waals surface area contributed by atoms with E-state index in [4.69, 9.17) is 10.2 Å². The van der Waals surface area contributed by atoms with Gasteiger partial charge in [0.2, 0.25) is 0 Å². The van der Waals surface area contributed by atoms with Crippen molar-refractivity contribution in [3.05, 3.63) is 59.7 Å². The molecule has 2 rings (SSSR count). The molecule has 0 aliphatic carbocycles. The van der Waals surface area contributed by atoms with Crippen molar-refractivity contribution in [1.82, 2.24) is 0 Å². The van der Waals surface area contributed by atoms with E-state index in [1.165, 1.54) is 11.6 Å². The minimum Gasteiger partial charge on any atom is -0.504 e. The maximum absolute atomic E-state index is 8.98. The molecular weight excluding hydrogens is 224 g/mol. The highest BCUT2D eigenvalue weighted by atomic mass is 16.3. The Morgan fingerprint density at radius 3 is 1.78 bits per heavy atom. The smallest absolute Gasteiger partial charge is 0.157 e. The molecule has 0 aromatic heterocycles. The molecule has 0 aliphatic heterocycles. The number of phenolic OH excluding ortho intramolecular Hbond substituents is 2. The van der Waals surface area contributed by atoms with Crippen LogP contribution in [-0.2, 0) is 12.8 Å². The summed E-state index contributed by atoms with van der Waals surface area (Å²) in [5, 5.41) is 17.9. The molecule has 2 N–H and O–H groups in total. The summed E-state index contributed by atoms with van der Waals surface area (Å²) in [6.45, 7) is 4.15. The molecule has 0 unspecified atom stereocenters. The molecule has 0 heterocycles. The van der Waals surface area contributed by atoms with Gasteiger partial charge in [-0.05, 0) is 36.1 Å². The molecule has 0 saturated heterocycles. The van der Waals surface area contributed by atoms with Crippen molar-refractivity contribution < 1.29 is 10.2 Å². The predicted octanol–water partition coefficient (Wildman–Crippen LogP) is 3.91. The van der Waals surface area contributed by atoms with Crippen molar-refractivity contribution in [2.45, 2.75) is 26.7 Å². The minimum atomic E-state index is -0.0581. The van der Waals surface area contributed by atoms with Crippen molar-refractivity contribution in [2.75, 3.05) is 0 Å². The molecule has 0 fully saturated rings. The third-order valence-electron chi connectivity index (χ3n) is 2.70. The summed E-state index contributed by atoms with van der Waals surface area (Å²) in [4.78, 5) is 0. The highest BCUT2D eigenvalue weighted by molar-refractivity contribution is 5.40. The molecule has 18 heavy (non-hydrogen) atoms. The molecule has 2 aromatic carbocycles. The van der Waals surface area contributed by atoms with Gasteiger partial charge in [0.15, 0.2) is 11.5 Å². The van der Waals surface area contributed by atoms with Gasteiger partial charge in [-0.1, -0.05) is 50.2 Å². The Kier molecular flexibility index (Phi) is 5.78. The number of hydrogen-bond acceptors (Lipinski definition) is 2. The van der Waals surface area contributed by atoms with Crippen molar-refractivity contribution >= 4 is 0 Å². The lowest BCUT2D eigenvalue weighted by molar-refractivity contribution is 0.403. The first kappa shape index (κ1) is 14.1. The topological polar surface area (TPSA) is 40.5 Å². The molecule has 0 amide bonds. The number of aryl methyl sites for hydroxylation is 2. The molecule has 96 valence electrons. The first-order chi connectivity index (χ1) is 8.67. The van der Waals surface area contributed by atoms with Gasteiger partial charge in [-0.15, -0.1) is 0 Å². The van der Waals surface area contributed by atoms with Crippen LogP contribution in [0.25, 0.3) is 0 Å². The van der Waals surface area contributed by atoms with E-state index in [1.54, 1.807) is 12.1 Å². The molecule has 2 heteroatoms. The van der Waals surface area contributed by atoms with Gasteiger partial charge in [0, 0.05) is 0 Å². The summed E-state index contributed by atoms with van der Waals surface area (Å²) in [6, 6.07) is 15.3. The molecule has 0 spiro atoms. The number of phenols is 2. The van der Waals surface area contributed by atoms with Crippen LogP contribution in [0, 0.1) is 0 Å². The fraction of sp³-hybridized carbons (Fsp3) is 0.250. The monoisotopic (exact) mass is 244 g/mol. The first-order valence-corrected chi connectivity index (χ1v) is 6.22. The molecule has 0 radical (unpaired) electrons. The summed E-state index contributed by atoms with van der Waals surface area (Å²) in [7, 11) is 0. The number of benzene rings is 2. The number of rotatable bonds is 2. The van der Waals surface area contributed by atoms with Crippen molar-refractivity contribution in [3.63, 3.8) is 0 Å². The third-order valence-corrected chi connectivity index (χ3v) is 2.70. The highest BCUT2D eigenvalue weighted by Crippen LogP contribution is 2.24. The van der Waals surface area contributed by atoms with Crippen LogP contribution in [0.2, 0.25) is 0 Å². The van der Waals surface area contributed by atoms with Gasteiger partial charge in [0.25, 0.3) is 0 Å². The summed E-state index contributed by atoms with van der Waals surface area (Å²) in [5.74, 6) is -0.100. The fourth-order valence-electron chi connectivity index (χ4n) is 1.50. The van der Waals surface area contributed by atoms with Crippen LogP contribution in [0.15, 0.2) is 48.5 Å².